The van der Waals surface area contributed by atoms with E-state index in [0.717, 1.165) is 19.6 Å². The molecule has 1 N–H and O–H groups in total. The van der Waals surface area contributed by atoms with Crippen LogP contribution in [-0.2, 0) is 10.2 Å². The zero-order valence-electron chi connectivity index (χ0n) is 13.9. The number of piperidine rings is 1. The van der Waals surface area contributed by atoms with Gasteiger partial charge in [-0.3, -0.25) is 9.69 Å². The van der Waals surface area contributed by atoms with E-state index in [0.29, 0.717) is 6.54 Å². The van der Waals surface area contributed by atoms with Gasteiger partial charge in [0.1, 0.15) is 0 Å². The number of carbonyl (C=O) groups excluding carboxylic acids is 1. The fourth-order valence-electron chi connectivity index (χ4n) is 4.06. The van der Waals surface area contributed by atoms with E-state index in [1.54, 1.807) is 0 Å². The van der Waals surface area contributed by atoms with Crippen molar-refractivity contribution < 1.29 is 17.2 Å². The molecule has 0 atom stereocenters. The molecule has 1 amide bonds. The first-order valence-corrected chi connectivity index (χ1v) is 8.83. The molecule has 1 aliphatic carbocycles. The highest BCUT2D eigenvalue weighted by atomic mass is 35.5. The third-order valence-corrected chi connectivity index (χ3v) is 5.39. The number of hydrogen-bond acceptors (Lipinski definition) is 2. The second kappa shape index (κ2) is 8.70. The summed E-state index contributed by atoms with van der Waals surface area (Å²) < 4.78 is 0. The minimum absolute atomic E-state index is 0. The summed E-state index contributed by atoms with van der Waals surface area (Å²) in [5.74, 6) is 0.198. The molecule has 0 aromatic heterocycles. The van der Waals surface area contributed by atoms with Crippen LogP contribution in [0.3, 0.4) is 0 Å². The third kappa shape index (κ3) is 4.71. The lowest BCUT2D eigenvalue weighted by molar-refractivity contribution is -0.122. The Balaban J connectivity index is 0.00000192. The smallest absolute Gasteiger partial charge is 0.234 e. The number of benzene rings is 1. The number of carbonyl (C=O) groups is 1. The minimum atomic E-state index is 0. The van der Waals surface area contributed by atoms with Crippen LogP contribution in [-0.4, -0.2) is 37.0 Å². The maximum absolute atomic E-state index is 12.3. The number of nitrogens with one attached hydrogen (secondary N) is 1. The number of amides is 1. The van der Waals surface area contributed by atoms with Gasteiger partial charge in [0.05, 0.1) is 6.54 Å². The molecule has 1 aromatic rings. The molecule has 3 rings (SSSR count). The van der Waals surface area contributed by atoms with Crippen molar-refractivity contribution in [2.75, 3.05) is 26.2 Å². The van der Waals surface area contributed by atoms with Crippen molar-refractivity contribution in [3.05, 3.63) is 35.9 Å². The molecule has 1 saturated heterocycles. The van der Waals surface area contributed by atoms with Crippen LogP contribution in [0.25, 0.3) is 0 Å². The Morgan fingerprint density at radius 3 is 2.30 bits per heavy atom. The van der Waals surface area contributed by atoms with Gasteiger partial charge in [0.25, 0.3) is 0 Å². The Labute approximate surface area is 146 Å². The number of nitrogens with zero attached hydrogens (tertiary/aromatic N) is 1. The topological polar surface area (TPSA) is 32.3 Å². The van der Waals surface area contributed by atoms with Crippen LogP contribution < -0.4 is 17.7 Å². The lowest BCUT2D eigenvalue weighted by atomic mass is 9.79. The zero-order valence-corrected chi connectivity index (χ0v) is 14.7. The fourth-order valence-corrected chi connectivity index (χ4v) is 4.06. The molecule has 0 radical (unpaired) electrons. The van der Waals surface area contributed by atoms with Crippen LogP contribution in [0.4, 0.5) is 0 Å². The summed E-state index contributed by atoms with van der Waals surface area (Å²) in [6.07, 6.45) is 8.73. The highest BCUT2D eigenvalue weighted by molar-refractivity contribution is 5.78. The molecule has 128 valence electrons. The number of likely N-dealkylation sites (tertiary alicyclic amines) is 1. The first-order valence-electron chi connectivity index (χ1n) is 8.83. The third-order valence-electron chi connectivity index (χ3n) is 5.39. The van der Waals surface area contributed by atoms with Gasteiger partial charge in [-0.25, -0.2) is 0 Å². The molecule has 1 heterocycles. The molecule has 0 bridgehead atoms. The summed E-state index contributed by atoms with van der Waals surface area (Å²) in [5, 5.41) is 3.23. The average molecular weight is 336 g/mol. The van der Waals surface area contributed by atoms with Crippen molar-refractivity contribution in [3.63, 3.8) is 0 Å². The SMILES string of the molecule is O=C(CN1CCCCC1)NCC1(c2ccccc2)CCCC1.[Cl-]. The van der Waals surface area contributed by atoms with Crippen molar-refractivity contribution >= 4 is 5.91 Å². The molecule has 2 aliphatic rings. The van der Waals surface area contributed by atoms with Crippen molar-refractivity contribution in [1.29, 1.82) is 0 Å². The van der Waals surface area contributed by atoms with Gasteiger partial charge in [-0.1, -0.05) is 49.6 Å². The summed E-state index contributed by atoms with van der Waals surface area (Å²) in [6.45, 7) is 3.53. The number of rotatable bonds is 5. The largest absolute Gasteiger partial charge is 1.00 e. The molecule has 3 nitrogen and oxygen atoms in total. The Kier molecular flexibility index (Phi) is 6.91. The van der Waals surface area contributed by atoms with Crippen molar-refractivity contribution in [3.8, 4) is 0 Å². The Morgan fingerprint density at radius 2 is 1.65 bits per heavy atom. The van der Waals surface area contributed by atoms with Gasteiger partial charge in [0.15, 0.2) is 0 Å². The van der Waals surface area contributed by atoms with Gasteiger partial charge < -0.3 is 17.7 Å². The normalized spacial score (nSPS) is 20.7. The van der Waals surface area contributed by atoms with E-state index in [2.05, 4.69) is 40.5 Å². The van der Waals surface area contributed by atoms with Gasteiger partial charge in [-0.2, -0.15) is 0 Å². The molecule has 0 spiro atoms. The first kappa shape index (κ1) is 18.3. The fraction of sp³-hybridized carbons (Fsp3) is 0.632. The van der Waals surface area contributed by atoms with Gasteiger partial charge in [0, 0.05) is 12.0 Å². The molecule has 0 unspecified atom stereocenters. The molecular weight excluding hydrogens is 308 g/mol. The molecule has 4 heteroatoms. The van der Waals surface area contributed by atoms with Gasteiger partial charge in [-0.15, -0.1) is 0 Å². The second-order valence-electron chi connectivity index (χ2n) is 6.97. The van der Waals surface area contributed by atoms with Gasteiger partial charge in [-0.05, 0) is 44.3 Å². The predicted molar refractivity (Wildman–Crippen MR) is 89.9 cm³/mol. The quantitative estimate of drug-likeness (QED) is 0.828. The van der Waals surface area contributed by atoms with Crippen LogP contribution in [0.1, 0.15) is 50.5 Å². The van der Waals surface area contributed by atoms with E-state index < -0.39 is 0 Å². The second-order valence-corrected chi connectivity index (χ2v) is 6.97. The van der Waals surface area contributed by atoms with Crippen LogP contribution in [0.15, 0.2) is 30.3 Å². The van der Waals surface area contributed by atoms with E-state index in [1.165, 1.54) is 50.5 Å². The van der Waals surface area contributed by atoms with Crippen molar-refractivity contribution in [1.82, 2.24) is 10.2 Å². The van der Waals surface area contributed by atoms with E-state index in [4.69, 9.17) is 0 Å². The summed E-state index contributed by atoms with van der Waals surface area (Å²) in [6, 6.07) is 10.8. The van der Waals surface area contributed by atoms with E-state index in [-0.39, 0.29) is 23.7 Å². The summed E-state index contributed by atoms with van der Waals surface area (Å²) in [5.41, 5.74) is 1.56. The molecule has 1 aliphatic heterocycles. The molecule has 23 heavy (non-hydrogen) atoms. The number of halogens is 1. The lowest BCUT2D eigenvalue weighted by Gasteiger charge is -2.31. The van der Waals surface area contributed by atoms with E-state index >= 15 is 0 Å². The standard InChI is InChI=1S/C19H28N2O.ClH/c22-18(15-21-13-7-2-8-14-21)20-16-19(11-5-6-12-19)17-9-3-1-4-10-17;/h1,3-4,9-10H,2,5-8,11-16H2,(H,20,22);1H/p-1. The van der Waals surface area contributed by atoms with Crippen molar-refractivity contribution in [2.24, 2.45) is 0 Å². The van der Waals surface area contributed by atoms with Crippen LogP contribution in [0.5, 0.6) is 0 Å². The Morgan fingerprint density at radius 1 is 1.00 bits per heavy atom. The lowest BCUT2D eigenvalue weighted by Crippen LogP contribution is -3.00. The monoisotopic (exact) mass is 335 g/mol. The minimum Gasteiger partial charge on any atom is -1.00 e. The van der Waals surface area contributed by atoms with E-state index in [9.17, 15) is 4.79 Å². The van der Waals surface area contributed by atoms with Crippen LogP contribution in [0, 0.1) is 0 Å². The highest BCUT2D eigenvalue weighted by Gasteiger charge is 2.35. The first-order chi connectivity index (χ1) is 10.8. The summed E-state index contributed by atoms with van der Waals surface area (Å²) >= 11 is 0. The summed E-state index contributed by atoms with van der Waals surface area (Å²) in [7, 11) is 0. The maximum Gasteiger partial charge on any atom is 0.234 e. The number of hydrogen-bond donors (Lipinski definition) is 1. The predicted octanol–water partition coefficient (Wildman–Crippen LogP) is 0.105. The highest BCUT2D eigenvalue weighted by Crippen LogP contribution is 2.40. The molecule has 1 saturated carbocycles. The Bertz CT molecular complexity index is 479. The van der Waals surface area contributed by atoms with E-state index in [1.807, 2.05) is 0 Å². The van der Waals surface area contributed by atoms with Crippen molar-refractivity contribution in [2.45, 2.75) is 50.4 Å². The molecular formula is C19H28ClN2O-. The van der Waals surface area contributed by atoms with Gasteiger partial charge in [0.2, 0.25) is 5.91 Å². The molecule has 1 aromatic carbocycles. The van der Waals surface area contributed by atoms with Crippen LogP contribution >= 0.6 is 0 Å². The van der Waals surface area contributed by atoms with Crippen LogP contribution in [0.2, 0.25) is 0 Å². The Hall–Kier alpha value is -1.06. The summed E-state index contributed by atoms with van der Waals surface area (Å²) in [4.78, 5) is 14.6. The van der Waals surface area contributed by atoms with Gasteiger partial charge >= 0.3 is 0 Å². The molecule has 2 fully saturated rings. The zero-order chi connectivity index (χ0) is 15.3. The average Bonchev–Trinajstić information content (AvgIpc) is 3.05. The maximum atomic E-state index is 12.3.